The van der Waals surface area contributed by atoms with E-state index in [1.807, 2.05) is 6.92 Å². The highest BCUT2D eigenvalue weighted by atomic mass is 79.9. The molecule has 2 heterocycles. The first kappa shape index (κ1) is 12.5. The summed E-state index contributed by atoms with van der Waals surface area (Å²) in [6.07, 6.45) is 3.07. The number of amides is 1. The maximum atomic E-state index is 11.9. The number of halogens is 1. The first-order valence-corrected chi connectivity index (χ1v) is 6.00. The highest BCUT2D eigenvalue weighted by molar-refractivity contribution is 9.10. The summed E-state index contributed by atoms with van der Waals surface area (Å²) < 4.78 is 0.898. The number of carbonyl (C=O) groups excluding carboxylic acids is 1. The number of pyridine rings is 2. The van der Waals surface area contributed by atoms with Gasteiger partial charge in [-0.25, -0.2) is 9.97 Å². The van der Waals surface area contributed by atoms with Crippen molar-refractivity contribution in [2.24, 2.45) is 0 Å². The molecule has 0 aliphatic heterocycles. The smallest absolute Gasteiger partial charge is 0.258 e. The number of anilines is 2. The summed E-state index contributed by atoms with van der Waals surface area (Å²) in [6, 6.07) is 4.98. The maximum absolute atomic E-state index is 11.9. The van der Waals surface area contributed by atoms with Gasteiger partial charge in [-0.15, -0.1) is 0 Å². The molecule has 3 N–H and O–H groups in total. The molecule has 1 amide bonds. The van der Waals surface area contributed by atoms with Crippen LogP contribution >= 0.6 is 15.9 Å². The number of nitrogens with two attached hydrogens (primary N) is 1. The highest BCUT2D eigenvalue weighted by Crippen LogP contribution is 2.17. The van der Waals surface area contributed by atoms with Gasteiger partial charge in [-0.05, 0) is 46.6 Å². The van der Waals surface area contributed by atoms with Gasteiger partial charge in [0.1, 0.15) is 11.6 Å². The molecule has 0 atom stereocenters. The molecule has 92 valence electrons. The third kappa shape index (κ3) is 2.84. The molecular formula is C12H11BrN4O. The van der Waals surface area contributed by atoms with Crippen molar-refractivity contribution in [2.45, 2.75) is 6.92 Å². The van der Waals surface area contributed by atoms with Crippen LogP contribution in [0.3, 0.4) is 0 Å². The molecule has 0 radical (unpaired) electrons. The topological polar surface area (TPSA) is 80.9 Å². The van der Waals surface area contributed by atoms with Gasteiger partial charge in [0.2, 0.25) is 0 Å². The van der Waals surface area contributed by atoms with Crippen molar-refractivity contribution in [3.8, 4) is 0 Å². The third-order valence-corrected chi connectivity index (χ3v) is 3.17. The minimum absolute atomic E-state index is 0.267. The van der Waals surface area contributed by atoms with Crippen molar-refractivity contribution in [2.75, 3.05) is 11.1 Å². The molecule has 2 aromatic heterocycles. The van der Waals surface area contributed by atoms with Crippen molar-refractivity contribution >= 4 is 33.5 Å². The summed E-state index contributed by atoms with van der Waals surface area (Å²) in [7, 11) is 0. The van der Waals surface area contributed by atoms with Gasteiger partial charge in [0.25, 0.3) is 5.91 Å². The minimum atomic E-state index is -0.267. The quantitative estimate of drug-likeness (QED) is 0.892. The fraction of sp³-hybridized carbons (Fsp3) is 0.0833. The van der Waals surface area contributed by atoms with E-state index in [4.69, 9.17) is 5.73 Å². The molecule has 0 aliphatic rings. The second-order valence-corrected chi connectivity index (χ2v) is 4.60. The normalized spacial score (nSPS) is 10.1. The molecule has 0 bridgehead atoms. The zero-order chi connectivity index (χ0) is 13.1. The lowest BCUT2D eigenvalue weighted by Crippen LogP contribution is -2.13. The Morgan fingerprint density at radius 3 is 2.72 bits per heavy atom. The molecule has 6 heteroatoms. The summed E-state index contributed by atoms with van der Waals surface area (Å²) in [5.41, 5.74) is 6.89. The van der Waals surface area contributed by atoms with E-state index in [0.717, 1.165) is 10.0 Å². The number of nitrogens with one attached hydrogen (secondary N) is 1. The maximum Gasteiger partial charge on any atom is 0.258 e. The molecule has 2 rings (SSSR count). The third-order valence-electron chi connectivity index (χ3n) is 2.34. The van der Waals surface area contributed by atoms with Crippen LogP contribution in [0.2, 0.25) is 0 Å². The molecule has 0 saturated heterocycles. The Kier molecular flexibility index (Phi) is 3.57. The van der Waals surface area contributed by atoms with Gasteiger partial charge in [-0.2, -0.15) is 0 Å². The van der Waals surface area contributed by atoms with Gasteiger partial charge >= 0.3 is 0 Å². The first-order valence-electron chi connectivity index (χ1n) is 5.21. The van der Waals surface area contributed by atoms with Crippen LogP contribution < -0.4 is 11.1 Å². The van der Waals surface area contributed by atoms with E-state index in [9.17, 15) is 4.79 Å². The number of carbonyl (C=O) groups is 1. The van der Waals surface area contributed by atoms with Crippen LogP contribution in [0.15, 0.2) is 35.1 Å². The zero-order valence-corrected chi connectivity index (χ0v) is 11.2. The molecule has 2 aromatic rings. The van der Waals surface area contributed by atoms with Crippen LogP contribution in [0.4, 0.5) is 11.6 Å². The number of nitrogen functional groups attached to an aromatic ring is 1. The van der Waals surface area contributed by atoms with Gasteiger partial charge in [0.05, 0.1) is 5.56 Å². The standard InChI is InChI=1S/C12H11BrN4O/c1-7-4-11(16-6-9(7)13)17-12(18)8-2-3-10(14)15-5-8/h2-6H,1H3,(H2,14,15)(H,16,17,18). The van der Waals surface area contributed by atoms with Crippen molar-refractivity contribution in [3.63, 3.8) is 0 Å². The number of aryl methyl sites for hydroxylation is 1. The number of hydrogen-bond donors (Lipinski definition) is 2. The lowest BCUT2D eigenvalue weighted by molar-refractivity contribution is 0.102. The van der Waals surface area contributed by atoms with E-state index in [-0.39, 0.29) is 5.91 Å². The van der Waals surface area contributed by atoms with Crippen LogP contribution in [0.5, 0.6) is 0 Å². The molecule has 0 aromatic carbocycles. The predicted octanol–water partition coefficient (Wildman–Crippen LogP) is 2.38. The van der Waals surface area contributed by atoms with Crippen molar-refractivity contribution < 1.29 is 4.79 Å². The second kappa shape index (κ2) is 5.14. The summed E-state index contributed by atoms with van der Waals surface area (Å²) >= 11 is 3.35. The number of hydrogen-bond acceptors (Lipinski definition) is 4. The monoisotopic (exact) mass is 306 g/mol. The van der Waals surface area contributed by atoms with Crippen LogP contribution in [0.1, 0.15) is 15.9 Å². The summed E-state index contributed by atoms with van der Waals surface area (Å²) in [6.45, 7) is 1.92. The molecule has 0 spiro atoms. The lowest BCUT2D eigenvalue weighted by atomic mass is 10.2. The average molecular weight is 307 g/mol. The van der Waals surface area contributed by atoms with E-state index in [1.165, 1.54) is 6.20 Å². The SMILES string of the molecule is Cc1cc(NC(=O)c2ccc(N)nc2)ncc1Br. The zero-order valence-electron chi connectivity index (χ0n) is 9.64. The fourth-order valence-corrected chi connectivity index (χ4v) is 1.55. The highest BCUT2D eigenvalue weighted by Gasteiger charge is 2.07. The fourth-order valence-electron chi connectivity index (χ4n) is 1.34. The Morgan fingerprint density at radius 1 is 1.33 bits per heavy atom. The van der Waals surface area contributed by atoms with Crippen molar-refractivity contribution in [3.05, 3.63) is 46.2 Å². The van der Waals surface area contributed by atoms with E-state index in [0.29, 0.717) is 17.2 Å². The van der Waals surface area contributed by atoms with E-state index >= 15 is 0 Å². The Labute approximate surface area is 113 Å². The second-order valence-electron chi connectivity index (χ2n) is 3.74. The Hall–Kier alpha value is -1.95. The molecular weight excluding hydrogens is 296 g/mol. The van der Waals surface area contributed by atoms with Crippen molar-refractivity contribution in [1.29, 1.82) is 0 Å². The van der Waals surface area contributed by atoms with Gasteiger partial charge < -0.3 is 11.1 Å². The Morgan fingerprint density at radius 2 is 2.11 bits per heavy atom. The lowest BCUT2D eigenvalue weighted by Gasteiger charge is -2.06. The van der Waals surface area contributed by atoms with Crippen LogP contribution in [0, 0.1) is 6.92 Å². The largest absolute Gasteiger partial charge is 0.384 e. The first-order chi connectivity index (χ1) is 8.56. The molecule has 18 heavy (non-hydrogen) atoms. The Bertz CT molecular complexity index is 583. The van der Waals surface area contributed by atoms with Crippen molar-refractivity contribution in [1.82, 2.24) is 9.97 Å². The van der Waals surface area contributed by atoms with Gasteiger partial charge in [-0.1, -0.05) is 0 Å². The van der Waals surface area contributed by atoms with E-state index < -0.39 is 0 Å². The van der Waals surface area contributed by atoms with Crippen LogP contribution in [-0.2, 0) is 0 Å². The minimum Gasteiger partial charge on any atom is -0.384 e. The Balaban J connectivity index is 2.16. The molecule has 0 fully saturated rings. The molecule has 0 aliphatic carbocycles. The van der Waals surface area contributed by atoms with E-state index in [2.05, 4.69) is 31.2 Å². The van der Waals surface area contributed by atoms with Crippen LogP contribution in [0.25, 0.3) is 0 Å². The van der Waals surface area contributed by atoms with Gasteiger partial charge in [0.15, 0.2) is 0 Å². The molecule has 0 unspecified atom stereocenters. The summed E-state index contributed by atoms with van der Waals surface area (Å²) in [5.74, 6) is 0.610. The number of nitrogens with zero attached hydrogens (tertiary/aromatic N) is 2. The average Bonchev–Trinajstić information content (AvgIpc) is 2.34. The molecule has 0 saturated carbocycles. The summed E-state index contributed by atoms with van der Waals surface area (Å²) in [5, 5.41) is 2.69. The van der Waals surface area contributed by atoms with Crippen LogP contribution in [-0.4, -0.2) is 15.9 Å². The summed E-state index contributed by atoms with van der Waals surface area (Å²) in [4.78, 5) is 19.8. The molecule has 5 nitrogen and oxygen atoms in total. The van der Waals surface area contributed by atoms with E-state index in [1.54, 1.807) is 24.4 Å². The predicted molar refractivity (Wildman–Crippen MR) is 73.3 cm³/mol. The van der Waals surface area contributed by atoms with Gasteiger partial charge in [0, 0.05) is 16.9 Å². The number of aromatic nitrogens is 2. The van der Waals surface area contributed by atoms with Gasteiger partial charge in [-0.3, -0.25) is 4.79 Å². The number of rotatable bonds is 2.